The Labute approximate surface area is 189 Å². The Balaban J connectivity index is 1.92. The predicted octanol–water partition coefficient (Wildman–Crippen LogP) is 4.79. The summed E-state index contributed by atoms with van der Waals surface area (Å²) in [5.74, 6) is 0.458. The van der Waals surface area contributed by atoms with Crippen LogP contribution < -0.4 is 4.74 Å². The number of methoxy groups -OCH3 is 1. The summed E-state index contributed by atoms with van der Waals surface area (Å²) >= 11 is 0. The molecule has 2 aromatic heterocycles. The zero-order chi connectivity index (χ0) is 22.8. The number of rotatable bonds is 6. The van der Waals surface area contributed by atoms with Crippen LogP contribution in [0.5, 0.6) is 5.75 Å². The summed E-state index contributed by atoms with van der Waals surface area (Å²) < 4.78 is 18.6. The molecule has 6 nitrogen and oxygen atoms in total. The maximum Gasteiger partial charge on any atom is 0.338 e. The van der Waals surface area contributed by atoms with Gasteiger partial charge in [0.25, 0.3) is 0 Å². The van der Waals surface area contributed by atoms with Crippen LogP contribution in [-0.4, -0.2) is 54.8 Å². The molecule has 1 aromatic carbocycles. The number of morpholine rings is 1. The van der Waals surface area contributed by atoms with Gasteiger partial charge in [-0.25, -0.2) is 4.79 Å². The van der Waals surface area contributed by atoms with Crippen LogP contribution in [0, 0.1) is 6.92 Å². The summed E-state index contributed by atoms with van der Waals surface area (Å²) in [6.45, 7) is 13.0. The Morgan fingerprint density at radius 3 is 2.59 bits per heavy atom. The minimum absolute atomic E-state index is 0.200. The Morgan fingerprint density at radius 2 is 1.91 bits per heavy atom. The van der Waals surface area contributed by atoms with Gasteiger partial charge in [-0.1, -0.05) is 18.7 Å². The van der Waals surface area contributed by atoms with Crippen LogP contribution in [0.3, 0.4) is 0 Å². The predicted molar refractivity (Wildman–Crippen MR) is 126 cm³/mol. The van der Waals surface area contributed by atoms with E-state index in [2.05, 4.69) is 21.9 Å². The number of hydrogen-bond donors (Lipinski definition) is 0. The van der Waals surface area contributed by atoms with Crippen LogP contribution in [0.1, 0.15) is 35.5 Å². The first-order valence-electron chi connectivity index (χ1n) is 10.9. The normalized spacial score (nSPS) is 14.1. The first-order chi connectivity index (χ1) is 15.4. The summed E-state index contributed by atoms with van der Waals surface area (Å²) in [4.78, 5) is 15.2. The molecule has 0 spiro atoms. The van der Waals surface area contributed by atoms with Crippen molar-refractivity contribution >= 4 is 17.2 Å². The standard InChI is InChI=1S/C26H30N2O4/c1-17(2)32-26(29)23-16-24-22(20-7-6-8-21(15-20)30-5)9-10-28(24)25(18(23)3)19(4)27-11-13-31-14-12-27/h6-10,15-17H,4,11-14H2,1-3,5H3. The molecule has 4 rings (SSSR count). The monoisotopic (exact) mass is 434 g/mol. The molecule has 0 saturated carbocycles. The van der Waals surface area contributed by atoms with Crippen LogP contribution in [0.4, 0.5) is 0 Å². The highest BCUT2D eigenvalue weighted by atomic mass is 16.5. The summed E-state index contributed by atoms with van der Waals surface area (Å²) in [5, 5.41) is 0. The first kappa shape index (κ1) is 22.0. The minimum Gasteiger partial charge on any atom is -0.497 e. The summed E-state index contributed by atoms with van der Waals surface area (Å²) in [6.07, 6.45) is 1.84. The second-order valence-corrected chi connectivity index (χ2v) is 8.25. The van der Waals surface area contributed by atoms with E-state index in [4.69, 9.17) is 14.2 Å². The molecule has 1 fully saturated rings. The van der Waals surface area contributed by atoms with Crippen LogP contribution in [-0.2, 0) is 9.47 Å². The SMILES string of the molecule is C=C(c1c(C)c(C(=O)OC(C)C)cc2c(-c3cccc(OC)c3)ccn12)N1CCOCC1. The van der Waals surface area contributed by atoms with E-state index in [1.807, 2.05) is 57.3 Å². The van der Waals surface area contributed by atoms with Gasteiger partial charge in [-0.15, -0.1) is 0 Å². The average molecular weight is 435 g/mol. The van der Waals surface area contributed by atoms with E-state index in [1.54, 1.807) is 7.11 Å². The molecule has 0 radical (unpaired) electrons. The van der Waals surface area contributed by atoms with Gasteiger partial charge in [0.2, 0.25) is 0 Å². The lowest BCUT2D eigenvalue weighted by Gasteiger charge is -2.32. The van der Waals surface area contributed by atoms with E-state index in [0.29, 0.717) is 18.8 Å². The van der Waals surface area contributed by atoms with E-state index in [0.717, 1.165) is 52.4 Å². The molecule has 1 aliphatic rings. The number of ether oxygens (including phenoxy) is 3. The number of nitrogens with zero attached hydrogens (tertiary/aromatic N) is 2. The van der Waals surface area contributed by atoms with Crippen molar-refractivity contribution < 1.29 is 19.0 Å². The largest absolute Gasteiger partial charge is 0.497 e. The molecule has 0 aliphatic carbocycles. The van der Waals surface area contributed by atoms with Gasteiger partial charge in [-0.05, 0) is 56.2 Å². The van der Waals surface area contributed by atoms with E-state index in [1.165, 1.54) is 0 Å². The molecular formula is C26H30N2O4. The maximum absolute atomic E-state index is 13.0. The van der Waals surface area contributed by atoms with Gasteiger partial charge in [0.1, 0.15) is 5.75 Å². The van der Waals surface area contributed by atoms with E-state index in [9.17, 15) is 4.79 Å². The number of esters is 1. The summed E-state index contributed by atoms with van der Waals surface area (Å²) in [6, 6.07) is 11.9. The van der Waals surface area contributed by atoms with Gasteiger partial charge in [0.05, 0.1) is 48.9 Å². The van der Waals surface area contributed by atoms with Crippen LogP contribution in [0.15, 0.2) is 49.2 Å². The third-order valence-electron chi connectivity index (χ3n) is 5.82. The highest BCUT2D eigenvalue weighted by Crippen LogP contribution is 2.34. The van der Waals surface area contributed by atoms with Crippen molar-refractivity contribution in [1.29, 1.82) is 0 Å². The number of benzene rings is 1. The summed E-state index contributed by atoms with van der Waals surface area (Å²) in [7, 11) is 1.66. The number of hydrogen-bond acceptors (Lipinski definition) is 5. The minimum atomic E-state index is -0.325. The average Bonchev–Trinajstić information content (AvgIpc) is 3.22. The third-order valence-corrected chi connectivity index (χ3v) is 5.82. The molecule has 1 saturated heterocycles. The molecule has 0 bridgehead atoms. The molecular weight excluding hydrogens is 404 g/mol. The fraction of sp³-hybridized carbons (Fsp3) is 0.346. The molecule has 3 aromatic rings. The highest BCUT2D eigenvalue weighted by molar-refractivity contribution is 5.96. The van der Waals surface area contributed by atoms with Crippen molar-refractivity contribution in [2.45, 2.75) is 26.9 Å². The zero-order valence-electron chi connectivity index (χ0n) is 19.2. The first-order valence-corrected chi connectivity index (χ1v) is 10.9. The Morgan fingerprint density at radius 1 is 1.16 bits per heavy atom. The van der Waals surface area contributed by atoms with Crippen molar-refractivity contribution in [2.24, 2.45) is 0 Å². The number of pyridine rings is 1. The second-order valence-electron chi connectivity index (χ2n) is 8.25. The lowest BCUT2D eigenvalue weighted by molar-refractivity contribution is 0.0377. The molecule has 6 heteroatoms. The number of carbonyl (C=O) groups excluding carboxylic acids is 1. The van der Waals surface area contributed by atoms with Crippen LogP contribution in [0.2, 0.25) is 0 Å². The van der Waals surface area contributed by atoms with E-state index < -0.39 is 0 Å². The Bertz CT molecular complexity index is 1160. The molecule has 0 atom stereocenters. The van der Waals surface area contributed by atoms with E-state index in [-0.39, 0.29) is 12.1 Å². The Hall–Kier alpha value is -3.25. The third kappa shape index (κ3) is 4.10. The van der Waals surface area contributed by atoms with Gasteiger partial charge in [0.15, 0.2) is 0 Å². The lowest BCUT2D eigenvalue weighted by atomic mass is 10.0. The highest BCUT2D eigenvalue weighted by Gasteiger charge is 2.24. The maximum atomic E-state index is 13.0. The van der Waals surface area contributed by atoms with Crippen molar-refractivity contribution in [3.63, 3.8) is 0 Å². The van der Waals surface area contributed by atoms with Gasteiger partial charge < -0.3 is 23.5 Å². The van der Waals surface area contributed by atoms with Crippen molar-refractivity contribution in [2.75, 3.05) is 33.4 Å². The van der Waals surface area contributed by atoms with Gasteiger partial charge >= 0.3 is 5.97 Å². The number of carbonyl (C=O) groups is 1. The van der Waals surface area contributed by atoms with Gasteiger partial charge in [-0.2, -0.15) is 0 Å². The number of fused-ring (bicyclic) bond motifs is 1. The van der Waals surface area contributed by atoms with E-state index >= 15 is 0 Å². The molecule has 0 amide bonds. The topological polar surface area (TPSA) is 52.4 Å². The molecule has 0 unspecified atom stereocenters. The quantitative estimate of drug-likeness (QED) is 0.522. The lowest BCUT2D eigenvalue weighted by Crippen LogP contribution is -2.35. The van der Waals surface area contributed by atoms with Gasteiger partial charge in [-0.3, -0.25) is 0 Å². The molecule has 32 heavy (non-hydrogen) atoms. The second kappa shape index (κ2) is 9.09. The number of aromatic nitrogens is 1. The molecule has 0 N–H and O–H groups in total. The summed E-state index contributed by atoms with van der Waals surface area (Å²) in [5.41, 5.74) is 6.15. The van der Waals surface area contributed by atoms with Crippen molar-refractivity contribution in [3.8, 4) is 16.9 Å². The fourth-order valence-electron chi connectivity index (χ4n) is 4.20. The molecule has 3 heterocycles. The van der Waals surface area contributed by atoms with Crippen LogP contribution in [0.25, 0.3) is 22.3 Å². The van der Waals surface area contributed by atoms with Gasteiger partial charge in [0, 0.05) is 24.8 Å². The molecule has 1 aliphatic heterocycles. The fourth-order valence-corrected chi connectivity index (χ4v) is 4.20. The van der Waals surface area contributed by atoms with Crippen LogP contribution >= 0.6 is 0 Å². The van der Waals surface area contributed by atoms with Crippen molar-refractivity contribution in [1.82, 2.24) is 9.30 Å². The Kier molecular flexibility index (Phi) is 6.24. The van der Waals surface area contributed by atoms with Crippen molar-refractivity contribution in [3.05, 3.63) is 66.0 Å². The molecule has 168 valence electrons. The smallest absolute Gasteiger partial charge is 0.338 e. The zero-order valence-corrected chi connectivity index (χ0v) is 19.2.